The zero-order valence-electron chi connectivity index (χ0n) is 32.2. The number of carbonyl (C=O) groups excluding carboxylic acids is 1. The summed E-state index contributed by atoms with van der Waals surface area (Å²) in [6.45, 7) is 2.78. The summed E-state index contributed by atoms with van der Waals surface area (Å²) in [6, 6.07) is 24.2. The third-order valence-corrected chi connectivity index (χ3v) is 10.5. The fourth-order valence-corrected chi connectivity index (χ4v) is 7.16. The lowest BCUT2D eigenvalue weighted by atomic mass is 9.75. The highest BCUT2D eigenvalue weighted by Gasteiger charge is 2.37. The van der Waals surface area contributed by atoms with E-state index in [1.54, 1.807) is 100 Å². The fraction of sp³-hybridized carbons (Fsp3) is 0.319. The minimum Gasteiger partial charge on any atom is -0.478 e. The predicted octanol–water partition coefficient (Wildman–Crippen LogP) is 8.53. The number of hydrogen-bond donors (Lipinski definition) is 2. The van der Waals surface area contributed by atoms with E-state index in [9.17, 15) is 28.9 Å². The van der Waals surface area contributed by atoms with E-state index in [1.807, 2.05) is 0 Å². The second kappa shape index (κ2) is 23.0. The maximum atomic E-state index is 13.2. The molecule has 2 saturated heterocycles. The van der Waals surface area contributed by atoms with Crippen molar-refractivity contribution in [1.82, 2.24) is 39.3 Å². The SMILES string of the molecule is C.C.C.N#CC1(Cc2ccc(F)cc2)CCN(C(=O)c2cccnc2-n2ccnc2)CC1.N#CC1(Cc2ccc(F)cc2)CCNCC1.O=C(O)c1cccnc1-n1ccnc1. The first-order valence-electron chi connectivity index (χ1n) is 19.0. The molecular weight excluding hydrogens is 791 g/mol. The number of halogens is 2. The van der Waals surface area contributed by atoms with Gasteiger partial charge in [-0.1, -0.05) is 46.5 Å². The molecule has 0 atom stereocenters. The molecule has 2 aliphatic rings. The van der Waals surface area contributed by atoms with Crippen molar-refractivity contribution in [2.75, 3.05) is 26.2 Å². The van der Waals surface area contributed by atoms with E-state index in [0.29, 0.717) is 49.6 Å². The number of nitrogens with one attached hydrogen (secondary N) is 1. The summed E-state index contributed by atoms with van der Waals surface area (Å²) in [5, 5.41) is 31.3. The average Bonchev–Trinajstić information content (AvgIpc) is 4.03. The molecule has 0 unspecified atom stereocenters. The van der Waals surface area contributed by atoms with Gasteiger partial charge >= 0.3 is 5.97 Å². The Morgan fingerprint density at radius 2 is 1.10 bits per heavy atom. The van der Waals surface area contributed by atoms with Crippen LogP contribution in [0.2, 0.25) is 0 Å². The van der Waals surface area contributed by atoms with Gasteiger partial charge in [-0.15, -0.1) is 0 Å². The number of nitrogens with zero attached hydrogens (tertiary/aromatic N) is 9. The first-order chi connectivity index (χ1) is 28.6. The van der Waals surface area contributed by atoms with Crippen LogP contribution in [0.4, 0.5) is 8.78 Å². The summed E-state index contributed by atoms with van der Waals surface area (Å²) in [7, 11) is 0. The molecule has 4 aromatic heterocycles. The predicted molar refractivity (Wildman–Crippen MR) is 233 cm³/mol. The Morgan fingerprint density at radius 1 is 0.661 bits per heavy atom. The number of nitriles is 2. The number of hydrogen-bond acceptors (Lipinski definition) is 9. The number of carboxylic acid groups (broad SMARTS) is 1. The molecular formula is C47H54F2N10O3. The molecule has 8 rings (SSSR count). The van der Waals surface area contributed by atoms with Gasteiger partial charge in [-0.3, -0.25) is 13.9 Å². The molecule has 0 aliphatic carbocycles. The number of aromatic nitrogens is 6. The standard InChI is InChI=1S/C22H20FN5O.C13H15FN2.C9H7N3O2.3CH4/c23-18-5-3-17(4-6-18)14-22(15-24)7-11-27(12-8-22)21(29)19-2-1-9-26-20(19)28-13-10-25-16-28;14-12-3-1-11(2-4-12)9-13(10-15)5-7-16-8-6-13;13-9(14)7-2-1-3-11-8(7)12-5-4-10-6-12;;;/h1-6,9-10,13,16H,7-8,11-12,14H2;1-4,16H,5-9H2;1-6H,(H,13,14);3*1H4. The number of aromatic carboxylic acids is 1. The lowest BCUT2D eigenvalue weighted by molar-refractivity contribution is 0.0645. The van der Waals surface area contributed by atoms with E-state index in [2.05, 4.69) is 37.4 Å². The Morgan fingerprint density at radius 3 is 1.52 bits per heavy atom. The average molecular weight is 845 g/mol. The molecule has 2 aromatic carbocycles. The van der Waals surface area contributed by atoms with Gasteiger partial charge in [0.2, 0.25) is 0 Å². The molecule has 2 N–H and O–H groups in total. The minimum absolute atomic E-state index is 0. The van der Waals surface area contributed by atoms with Crippen LogP contribution in [0.1, 0.15) is 79.8 Å². The Hall–Kier alpha value is -7.10. The third kappa shape index (κ3) is 12.5. The Labute approximate surface area is 362 Å². The second-order valence-corrected chi connectivity index (χ2v) is 14.4. The normalized spacial score (nSPS) is 14.5. The van der Waals surface area contributed by atoms with Gasteiger partial charge in [-0.05, 0) is 111 Å². The zero-order valence-corrected chi connectivity index (χ0v) is 32.2. The van der Waals surface area contributed by atoms with Crippen LogP contribution in [0.5, 0.6) is 0 Å². The van der Waals surface area contributed by atoms with Crippen molar-refractivity contribution in [3.8, 4) is 23.8 Å². The van der Waals surface area contributed by atoms with Crippen LogP contribution in [0.25, 0.3) is 11.6 Å². The van der Waals surface area contributed by atoms with Crippen molar-refractivity contribution in [3.63, 3.8) is 0 Å². The minimum atomic E-state index is -0.998. The summed E-state index contributed by atoms with van der Waals surface area (Å²) in [4.78, 5) is 41.9. The number of benzene rings is 2. The number of likely N-dealkylation sites (tertiary alicyclic amines) is 1. The van der Waals surface area contributed by atoms with Crippen LogP contribution >= 0.6 is 0 Å². The fourth-order valence-electron chi connectivity index (χ4n) is 7.16. The monoisotopic (exact) mass is 844 g/mol. The number of rotatable bonds is 8. The van der Waals surface area contributed by atoms with Gasteiger partial charge in [0.25, 0.3) is 5.91 Å². The van der Waals surface area contributed by atoms with Crippen LogP contribution in [-0.2, 0) is 12.8 Å². The van der Waals surface area contributed by atoms with Gasteiger partial charge in [-0.2, -0.15) is 10.5 Å². The van der Waals surface area contributed by atoms with E-state index in [4.69, 9.17) is 5.11 Å². The summed E-state index contributed by atoms with van der Waals surface area (Å²) >= 11 is 0. The van der Waals surface area contributed by atoms with Gasteiger partial charge in [0, 0.05) is 50.3 Å². The second-order valence-electron chi connectivity index (χ2n) is 14.4. The summed E-state index contributed by atoms with van der Waals surface area (Å²) in [5.41, 5.74) is 1.84. The molecule has 0 bridgehead atoms. The molecule has 6 heterocycles. The molecule has 1 amide bonds. The lowest BCUT2D eigenvalue weighted by Crippen LogP contribution is -2.43. The van der Waals surface area contributed by atoms with Crippen molar-refractivity contribution in [3.05, 3.63) is 157 Å². The summed E-state index contributed by atoms with van der Waals surface area (Å²) < 4.78 is 29.2. The topological polar surface area (TPSA) is 179 Å². The number of piperidine rings is 2. The molecule has 6 aromatic rings. The quantitative estimate of drug-likeness (QED) is 0.151. The zero-order chi connectivity index (χ0) is 41.7. The number of carboxylic acids is 1. The molecule has 324 valence electrons. The number of pyridine rings is 2. The Balaban J connectivity index is 0.000000264. The Bertz CT molecular complexity index is 2380. The first kappa shape index (κ1) is 49.3. The maximum absolute atomic E-state index is 13.2. The van der Waals surface area contributed by atoms with E-state index in [1.165, 1.54) is 36.7 Å². The van der Waals surface area contributed by atoms with E-state index < -0.39 is 11.4 Å². The molecule has 62 heavy (non-hydrogen) atoms. The highest BCUT2D eigenvalue weighted by Crippen LogP contribution is 2.35. The summed E-state index contributed by atoms with van der Waals surface area (Å²) in [5.74, 6) is -0.696. The van der Waals surface area contributed by atoms with E-state index in [-0.39, 0.29) is 50.8 Å². The largest absolute Gasteiger partial charge is 0.478 e. The molecule has 13 nitrogen and oxygen atoms in total. The van der Waals surface area contributed by atoms with Crippen molar-refractivity contribution in [2.24, 2.45) is 10.8 Å². The van der Waals surface area contributed by atoms with E-state index in [0.717, 1.165) is 43.5 Å². The molecule has 0 radical (unpaired) electrons. The highest BCUT2D eigenvalue weighted by molar-refractivity contribution is 5.97. The van der Waals surface area contributed by atoms with E-state index >= 15 is 0 Å². The first-order valence-corrected chi connectivity index (χ1v) is 19.0. The van der Waals surface area contributed by atoms with Crippen molar-refractivity contribution >= 4 is 11.9 Å². The van der Waals surface area contributed by atoms with Crippen molar-refractivity contribution < 1.29 is 23.5 Å². The third-order valence-electron chi connectivity index (χ3n) is 10.5. The van der Waals surface area contributed by atoms with Crippen LogP contribution in [0, 0.1) is 45.1 Å². The molecule has 15 heteroatoms. The van der Waals surface area contributed by atoms with Gasteiger partial charge in [0.05, 0.1) is 28.5 Å². The van der Waals surface area contributed by atoms with Gasteiger partial charge < -0.3 is 15.3 Å². The number of carbonyl (C=O) groups is 2. The highest BCUT2D eigenvalue weighted by atomic mass is 19.1. The van der Waals surface area contributed by atoms with Crippen LogP contribution < -0.4 is 5.32 Å². The van der Waals surface area contributed by atoms with Gasteiger partial charge in [0.15, 0.2) is 11.6 Å². The number of imidazole rings is 2. The Kier molecular flexibility index (Phi) is 18.3. The number of amides is 1. The van der Waals surface area contributed by atoms with Gasteiger partial charge in [0.1, 0.15) is 29.9 Å². The smallest absolute Gasteiger partial charge is 0.339 e. The molecule has 0 saturated carbocycles. The van der Waals surface area contributed by atoms with Gasteiger partial charge in [-0.25, -0.2) is 33.5 Å². The lowest BCUT2D eigenvalue weighted by Gasteiger charge is -2.37. The maximum Gasteiger partial charge on any atom is 0.339 e. The van der Waals surface area contributed by atoms with Crippen molar-refractivity contribution in [2.45, 2.75) is 60.8 Å². The molecule has 0 spiro atoms. The summed E-state index contributed by atoms with van der Waals surface area (Å²) in [6.07, 6.45) is 17.1. The molecule has 2 aliphatic heterocycles. The van der Waals surface area contributed by atoms with Crippen molar-refractivity contribution in [1.29, 1.82) is 10.5 Å². The molecule has 2 fully saturated rings. The van der Waals surface area contributed by atoms with Crippen LogP contribution in [0.3, 0.4) is 0 Å². The van der Waals surface area contributed by atoms with Crippen LogP contribution in [0.15, 0.2) is 123 Å². The van der Waals surface area contributed by atoms with Crippen LogP contribution in [-0.4, -0.2) is 77.1 Å².